The van der Waals surface area contributed by atoms with E-state index in [9.17, 15) is 4.79 Å². The number of benzene rings is 1. The molecule has 100 valence electrons. The van der Waals surface area contributed by atoms with Crippen molar-refractivity contribution in [3.05, 3.63) is 28.8 Å². The van der Waals surface area contributed by atoms with Crippen molar-refractivity contribution in [3.8, 4) is 5.75 Å². The van der Waals surface area contributed by atoms with E-state index in [1.807, 2.05) is 47.0 Å². The number of ether oxygens (including phenoxy) is 1. The highest BCUT2D eigenvalue weighted by Crippen LogP contribution is 2.23. The SMILES string of the molecule is CCC(=O)c1c(C)cc(OCCN(C)C)cc1C. The van der Waals surface area contributed by atoms with Gasteiger partial charge in [0.15, 0.2) is 5.78 Å². The first-order valence-electron chi connectivity index (χ1n) is 6.37. The topological polar surface area (TPSA) is 29.5 Å². The highest BCUT2D eigenvalue weighted by atomic mass is 16.5. The summed E-state index contributed by atoms with van der Waals surface area (Å²) in [6.07, 6.45) is 0.544. The van der Waals surface area contributed by atoms with Crippen LogP contribution >= 0.6 is 0 Å². The predicted octanol–water partition coefficient (Wildman–Crippen LogP) is 2.84. The van der Waals surface area contributed by atoms with Gasteiger partial charge in [-0.05, 0) is 51.2 Å². The normalized spacial score (nSPS) is 10.8. The molecule has 18 heavy (non-hydrogen) atoms. The molecule has 3 heteroatoms. The second kappa shape index (κ2) is 6.55. The Morgan fingerprint density at radius 2 is 1.78 bits per heavy atom. The zero-order valence-corrected chi connectivity index (χ0v) is 12.0. The van der Waals surface area contributed by atoms with Crippen LogP contribution in [0.1, 0.15) is 34.8 Å². The second-order valence-electron chi connectivity index (χ2n) is 4.86. The van der Waals surface area contributed by atoms with E-state index in [2.05, 4.69) is 4.90 Å². The second-order valence-corrected chi connectivity index (χ2v) is 4.86. The molecule has 0 atom stereocenters. The largest absolute Gasteiger partial charge is 0.492 e. The Balaban J connectivity index is 2.83. The minimum absolute atomic E-state index is 0.199. The van der Waals surface area contributed by atoms with Gasteiger partial charge in [-0.3, -0.25) is 4.79 Å². The van der Waals surface area contributed by atoms with Crippen molar-refractivity contribution in [1.82, 2.24) is 4.90 Å². The van der Waals surface area contributed by atoms with E-state index in [0.717, 1.165) is 29.0 Å². The monoisotopic (exact) mass is 249 g/mol. The lowest BCUT2D eigenvalue weighted by Gasteiger charge is -2.14. The summed E-state index contributed by atoms with van der Waals surface area (Å²) in [5, 5.41) is 0. The molecule has 0 radical (unpaired) electrons. The van der Waals surface area contributed by atoms with Crippen LogP contribution in [0.3, 0.4) is 0 Å². The zero-order chi connectivity index (χ0) is 13.7. The fourth-order valence-corrected chi connectivity index (χ4v) is 1.97. The summed E-state index contributed by atoms with van der Waals surface area (Å²) in [5.74, 6) is 1.05. The summed E-state index contributed by atoms with van der Waals surface area (Å²) >= 11 is 0. The first kappa shape index (κ1) is 14.7. The fourth-order valence-electron chi connectivity index (χ4n) is 1.97. The van der Waals surface area contributed by atoms with Gasteiger partial charge in [-0.25, -0.2) is 0 Å². The van der Waals surface area contributed by atoms with E-state index in [-0.39, 0.29) is 5.78 Å². The Hall–Kier alpha value is -1.35. The highest BCUT2D eigenvalue weighted by molar-refractivity contribution is 5.98. The molecule has 1 aromatic carbocycles. The predicted molar refractivity (Wildman–Crippen MR) is 74.6 cm³/mol. The molecule has 0 saturated carbocycles. The van der Waals surface area contributed by atoms with E-state index in [4.69, 9.17) is 4.74 Å². The number of ketones is 1. The van der Waals surface area contributed by atoms with Crippen LogP contribution in [0, 0.1) is 13.8 Å². The Morgan fingerprint density at radius 1 is 1.22 bits per heavy atom. The number of likely N-dealkylation sites (N-methyl/N-ethyl adjacent to an activating group) is 1. The number of rotatable bonds is 6. The average molecular weight is 249 g/mol. The van der Waals surface area contributed by atoms with Crippen molar-refractivity contribution in [2.45, 2.75) is 27.2 Å². The maximum atomic E-state index is 11.8. The third-order valence-electron chi connectivity index (χ3n) is 2.91. The molecule has 0 aliphatic rings. The van der Waals surface area contributed by atoms with Crippen molar-refractivity contribution < 1.29 is 9.53 Å². The highest BCUT2D eigenvalue weighted by Gasteiger charge is 2.12. The molecule has 1 rings (SSSR count). The molecular weight excluding hydrogens is 226 g/mol. The summed E-state index contributed by atoms with van der Waals surface area (Å²) in [5.41, 5.74) is 2.85. The molecule has 0 aromatic heterocycles. The lowest BCUT2D eigenvalue weighted by atomic mass is 9.97. The number of carbonyl (C=O) groups excluding carboxylic acids is 1. The van der Waals surface area contributed by atoms with E-state index in [0.29, 0.717) is 13.0 Å². The van der Waals surface area contributed by atoms with Crippen LogP contribution < -0.4 is 4.74 Å². The summed E-state index contributed by atoms with van der Waals surface area (Å²) in [4.78, 5) is 13.9. The van der Waals surface area contributed by atoms with Crippen LogP contribution in [0.15, 0.2) is 12.1 Å². The molecule has 0 saturated heterocycles. The maximum absolute atomic E-state index is 11.8. The van der Waals surface area contributed by atoms with Crippen LogP contribution in [0.4, 0.5) is 0 Å². The first-order valence-corrected chi connectivity index (χ1v) is 6.37. The van der Waals surface area contributed by atoms with E-state index < -0.39 is 0 Å². The summed E-state index contributed by atoms with van der Waals surface area (Å²) in [6.45, 7) is 7.37. The standard InChI is InChI=1S/C15H23NO2/c1-6-14(17)15-11(2)9-13(10-12(15)3)18-8-7-16(4)5/h9-10H,6-8H2,1-5H3. The van der Waals surface area contributed by atoms with Crippen molar-refractivity contribution in [3.63, 3.8) is 0 Å². The summed E-state index contributed by atoms with van der Waals surface area (Å²) < 4.78 is 5.69. The average Bonchev–Trinajstić information content (AvgIpc) is 2.27. The van der Waals surface area contributed by atoms with Gasteiger partial charge in [-0.2, -0.15) is 0 Å². The molecule has 0 amide bonds. The van der Waals surface area contributed by atoms with Gasteiger partial charge in [-0.15, -0.1) is 0 Å². The van der Waals surface area contributed by atoms with Gasteiger partial charge in [0.05, 0.1) is 0 Å². The molecular formula is C15H23NO2. The van der Waals surface area contributed by atoms with Crippen LogP contribution in [-0.4, -0.2) is 37.9 Å². The number of nitrogens with zero attached hydrogens (tertiary/aromatic N) is 1. The quantitative estimate of drug-likeness (QED) is 0.726. The third-order valence-corrected chi connectivity index (χ3v) is 2.91. The lowest BCUT2D eigenvalue weighted by molar-refractivity contribution is 0.0987. The van der Waals surface area contributed by atoms with Crippen molar-refractivity contribution >= 4 is 5.78 Å². The van der Waals surface area contributed by atoms with Gasteiger partial charge in [0.2, 0.25) is 0 Å². The number of Topliss-reactive ketones (excluding diaryl/α,β-unsaturated/α-hetero) is 1. The number of carbonyl (C=O) groups is 1. The van der Waals surface area contributed by atoms with Crippen LogP contribution in [-0.2, 0) is 0 Å². The minimum Gasteiger partial charge on any atom is -0.492 e. The fraction of sp³-hybridized carbons (Fsp3) is 0.533. The minimum atomic E-state index is 0.199. The van der Waals surface area contributed by atoms with Crippen LogP contribution in [0.25, 0.3) is 0 Å². The molecule has 0 aliphatic heterocycles. The molecule has 0 spiro atoms. The summed E-state index contributed by atoms with van der Waals surface area (Å²) in [7, 11) is 4.03. The van der Waals surface area contributed by atoms with E-state index in [1.165, 1.54) is 0 Å². The zero-order valence-electron chi connectivity index (χ0n) is 12.0. The number of aryl methyl sites for hydroxylation is 2. The molecule has 0 aliphatic carbocycles. The lowest BCUT2D eigenvalue weighted by Crippen LogP contribution is -2.19. The van der Waals surface area contributed by atoms with Crippen molar-refractivity contribution in [2.24, 2.45) is 0 Å². The Kier molecular flexibility index (Phi) is 5.35. The Morgan fingerprint density at radius 3 is 2.22 bits per heavy atom. The molecule has 3 nitrogen and oxygen atoms in total. The number of hydrogen-bond acceptors (Lipinski definition) is 3. The first-order chi connectivity index (χ1) is 8.45. The number of hydrogen-bond donors (Lipinski definition) is 0. The van der Waals surface area contributed by atoms with E-state index >= 15 is 0 Å². The third kappa shape index (κ3) is 3.84. The van der Waals surface area contributed by atoms with Gasteiger partial charge in [0.25, 0.3) is 0 Å². The van der Waals surface area contributed by atoms with Crippen LogP contribution in [0.2, 0.25) is 0 Å². The molecule has 0 heterocycles. The van der Waals surface area contributed by atoms with Crippen molar-refractivity contribution in [1.29, 1.82) is 0 Å². The van der Waals surface area contributed by atoms with Crippen molar-refractivity contribution in [2.75, 3.05) is 27.2 Å². The Bertz CT molecular complexity index is 401. The van der Waals surface area contributed by atoms with Gasteiger partial charge in [0.1, 0.15) is 12.4 Å². The maximum Gasteiger partial charge on any atom is 0.163 e. The smallest absolute Gasteiger partial charge is 0.163 e. The molecule has 0 unspecified atom stereocenters. The molecule has 0 fully saturated rings. The molecule has 1 aromatic rings. The summed E-state index contributed by atoms with van der Waals surface area (Å²) in [6, 6.07) is 3.90. The van der Waals surface area contributed by atoms with Gasteiger partial charge < -0.3 is 9.64 Å². The molecule has 0 bridgehead atoms. The van der Waals surface area contributed by atoms with Crippen LogP contribution in [0.5, 0.6) is 5.75 Å². The van der Waals surface area contributed by atoms with Gasteiger partial charge in [0, 0.05) is 18.5 Å². The molecule has 0 N–H and O–H groups in total. The van der Waals surface area contributed by atoms with Gasteiger partial charge >= 0.3 is 0 Å². The Labute approximate surface area is 110 Å². The van der Waals surface area contributed by atoms with E-state index in [1.54, 1.807) is 0 Å². The van der Waals surface area contributed by atoms with Gasteiger partial charge in [-0.1, -0.05) is 6.92 Å².